The molecular formula is C22H26N2O4. The van der Waals surface area contributed by atoms with Gasteiger partial charge >= 0.3 is 0 Å². The van der Waals surface area contributed by atoms with Gasteiger partial charge in [0, 0.05) is 37.5 Å². The number of hydrogen-bond acceptors (Lipinski definition) is 4. The van der Waals surface area contributed by atoms with Crippen LogP contribution in [0.4, 0.5) is 0 Å². The van der Waals surface area contributed by atoms with Crippen molar-refractivity contribution in [1.82, 2.24) is 10.2 Å². The second kappa shape index (κ2) is 9.35. The van der Waals surface area contributed by atoms with Gasteiger partial charge in [0.05, 0.1) is 6.26 Å². The molecule has 1 N–H and O–H groups in total. The number of furan rings is 1. The summed E-state index contributed by atoms with van der Waals surface area (Å²) >= 11 is 0. The summed E-state index contributed by atoms with van der Waals surface area (Å²) in [6.45, 7) is 3.22. The fourth-order valence-corrected chi connectivity index (χ4v) is 3.38. The molecule has 1 aromatic heterocycles. The van der Waals surface area contributed by atoms with E-state index in [1.54, 1.807) is 17.0 Å². The standard InChI is InChI=1S/C22H26N2O4/c1-2-16-5-7-17(8-6-16)19(25)9-10-21(26)23-18-11-13-24(14-12-18)22(27)20-4-3-15-28-20/h3-8,15,18H,2,9-14H2,1H3,(H,23,26). The molecule has 28 heavy (non-hydrogen) atoms. The normalized spacial score (nSPS) is 14.7. The highest BCUT2D eigenvalue weighted by Gasteiger charge is 2.25. The van der Waals surface area contributed by atoms with Crippen LogP contribution in [0.3, 0.4) is 0 Å². The molecule has 2 aromatic rings. The summed E-state index contributed by atoms with van der Waals surface area (Å²) in [4.78, 5) is 38.4. The third kappa shape index (κ3) is 5.09. The fraction of sp³-hybridized carbons (Fsp3) is 0.409. The Morgan fingerprint density at radius 1 is 1.07 bits per heavy atom. The Balaban J connectivity index is 1.39. The maximum absolute atomic E-state index is 12.2. The van der Waals surface area contributed by atoms with Crippen molar-refractivity contribution in [2.75, 3.05) is 13.1 Å². The molecule has 1 aromatic carbocycles. The van der Waals surface area contributed by atoms with Gasteiger partial charge in [0.25, 0.3) is 5.91 Å². The molecule has 0 unspecified atom stereocenters. The van der Waals surface area contributed by atoms with Crippen LogP contribution in [0.25, 0.3) is 0 Å². The molecule has 3 rings (SSSR count). The molecule has 2 amide bonds. The zero-order valence-electron chi connectivity index (χ0n) is 16.1. The summed E-state index contributed by atoms with van der Waals surface area (Å²) in [5, 5.41) is 2.99. The molecule has 0 radical (unpaired) electrons. The molecule has 1 aliphatic rings. The van der Waals surface area contributed by atoms with Gasteiger partial charge in [0.15, 0.2) is 11.5 Å². The summed E-state index contributed by atoms with van der Waals surface area (Å²) in [7, 11) is 0. The lowest BCUT2D eigenvalue weighted by Gasteiger charge is -2.31. The van der Waals surface area contributed by atoms with Crippen LogP contribution in [-0.2, 0) is 11.2 Å². The van der Waals surface area contributed by atoms with Crippen molar-refractivity contribution < 1.29 is 18.8 Å². The Bertz CT molecular complexity index is 804. The SMILES string of the molecule is CCc1ccc(C(=O)CCC(=O)NC2CCN(C(=O)c3ccco3)CC2)cc1. The van der Waals surface area contributed by atoms with Gasteiger partial charge in [-0.1, -0.05) is 31.2 Å². The summed E-state index contributed by atoms with van der Waals surface area (Å²) < 4.78 is 5.15. The maximum Gasteiger partial charge on any atom is 0.289 e. The van der Waals surface area contributed by atoms with Crippen molar-refractivity contribution in [2.24, 2.45) is 0 Å². The Morgan fingerprint density at radius 3 is 2.39 bits per heavy atom. The van der Waals surface area contributed by atoms with Gasteiger partial charge in [-0.3, -0.25) is 14.4 Å². The van der Waals surface area contributed by atoms with Crippen LogP contribution in [0.1, 0.15) is 59.1 Å². The zero-order chi connectivity index (χ0) is 19.9. The van der Waals surface area contributed by atoms with E-state index in [4.69, 9.17) is 4.42 Å². The van der Waals surface area contributed by atoms with Crippen molar-refractivity contribution >= 4 is 17.6 Å². The number of benzene rings is 1. The Kier molecular flexibility index (Phi) is 6.63. The first-order valence-electron chi connectivity index (χ1n) is 9.81. The second-order valence-electron chi connectivity index (χ2n) is 7.08. The topological polar surface area (TPSA) is 79.6 Å². The van der Waals surface area contributed by atoms with E-state index in [1.807, 2.05) is 24.3 Å². The minimum Gasteiger partial charge on any atom is -0.459 e. The van der Waals surface area contributed by atoms with E-state index in [1.165, 1.54) is 11.8 Å². The van der Waals surface area contributed by atoms with Crippen LogP contribution in [0.15, 0.2) is 47.1 Å². The van der Waals surface area contributed by atoms with Gasteiger partial charge in [-0.05, 0) is 37.0 Å². The van der Waals surface area contributed by atoms with Crippen molar-refractivity contribution in [2.45, 2.75) is 45.1 Å². The third-order valence-electron chi connectivity index (χ3n) is 5.14. The quantitative estimate of drug-likeness (QED) is 0.746. The number of piperidine rings is 1. The van der Waals surface area contributed by atoms with E-state index in [0.717, 1.165) is 6.42 Å². The van der Waals surface area contributed by atoms with Crippen LogP contribution < -0.4 is 5.32 Å². The van der Waals surface area contributed by atoms with E-state index >= 15 is 0 Å². The minimum atomic E-state index is -0.116. The van der Waals surface area contributed by atoms with Crippen LogP contribution in [-0.4, -0.2) is 41.6 Å². The summed E-state index contributed by atoms with van der Waals surface area (Å²) in [5.41, 5.74) is 1.83. The lowest BCUT2D eigenvalue weighted by atomic mass is 10.0. The van der Waals surface area contributed by atoms with Crippen LogP contribution in [0.2, 0.25) is 0 Å². The predicted octanol–water partition coefficient (Wildman–Crippen LogP) is 3.23. The van der Waals surface area contributed by atoms with E-state index < -0.39 is 0 Å². The van der Waals surface area contributed by atoms with E-state index in [0.29, 0.717) is 37.3 Å². The number of likely N-dealkylation sites (tertiary alicyclic amines) is 1. The molecule has 148 valence electrons. The van der Waals surface area contributed by atoms with Gasteiger partial charge in [0.1, 0.15) is 0 Å². The number of Topliss-reactive ketones (excluding diaryl/α,β-unsaturated/α-hetero) is 1. The summed E-state index contributed by atoms with van der Waals surface area (Å²) in [6, 6.07) is 10.9. The minimum absolute atomic E-state index is 0.0170. The van der Waals surface area contributed by atoms with Gasteiger partial charge in [0.2, 0.25) is 5.91 Å². The highest BCUT2D eigenvalue weighted by atomic mass is 16.3. The number of nitrogens with zero attached hydrogens (tertiary/aromatic N) is 1. The molecule has 0 bridgehead atoms. The molecule has 1 aliphatic heterocycles. The van der Waals surface area contributed by atoms with E-state index in [2.05, 4.69) is 12.2 Å². The molecular weight excluding hydrogens is 356 g/mol. The van der Waals surface area contributed by atoms with E-state index in [9.17, 15) is 14.4 Å². The number of rotatable bonds is 7. The number of hydrogen-bond donors (Lipinski definition) is 1. The number of carbonyl (C=O) groups is 3. The van der Waals surface area contributed by atoms with E-state index in [-0.39, 0.29) is 36.5 Å². The molecule has 1 fully saturated rings. The smallest absolute Gasteiger partial charge is 0.289 e. The average Bonchev–Trinajstić information content (AvgIpc) is 3.27. The number of carbonyl (C=O) groups excluding carboxylic acids is 3. The number of amides is 2. The highest BCUT2D eigenvalue weighted by Crippen LogP contribution is 2.15. The van der Waals surface area contributed by atoms with Gasteiger partial charge in [-0.25, -0.2) is 0 Å². The van der Waals surface area contributed by atoms with Crippen molar-refractivity contribution in [3.63, 3.8) is 0 Å². The predicted molar refractivity (Wildman–Crippen MR) is 105 cm³/mol. The summed E-state index contributed by atoms with van der Waals surface area (Å²) in [5.74, 6) is 0.0911. The zero-order valence-corrected chi connectivity index (χ0v) is 16.1. The Labute approximate surface area is 164 Å². The monoisotopic (exact) mass is 382 g/mol. The van der Waals surface area contributed by atoms with Crippen LogP contribution in [0, 0.1) is 0 Å². The Hall–Kier alpha value is -2.89. The number of aryl methyl sites for hydroxylation is 1. The molecule has 0 atom stereocenters. The lowest BCUT2D eigenvalue weighted by molar-refractivity contribution is -0.122. The molecule has 0 saturated carbocycles. The molecule has 6 heteroatoms. The van der Waals surface area contributed by atoms with Gasteiger partial charge in [-0.2, -0.15) is 0 Å². The molecule has 0 spiro atoms. The first kappa shape index (κ1) is 19.9. The second-order valence-corrected chi connectivity index (χ2v) is 7.08. The highest BCUT2D eigenvalue weighted by molar-refractivity contribution is 5.98. The molecule has 2 heterocycles. The Morgan fingerprint density at radius 2 is 1.79 bits per heavy atom. The van der Waals surface area contributed by atoms with Crippen molar-refractivity contribution in [3.05, 3.63) is 59.5 Å². The molecule has 0 aliphatic carbocycles. The van der Waals surface area contributed by atoms with Crippen LogP contribution in [0.5, 0.6) is 0 Å². The first-order valence-corrected chi connectivity index (χ1v) is 9.81. The summed E-state index contributed by atoms with van der Waals surface area (Å²) in [6.07, 6.45) is 4.20. The average molecular weight is 382 g/mol. The molecule has 6 nitrogen and oxygen atoms in total. The third-order valence-corrected chi connectivity index (χ3v) is 5.14. The largest absolute Gasteiger partial charge is 0.459 e. The lowest BCUT2D eigenvalue weighted by Crippen LogP contribution is -2.46. The van der Waals surface area contributed by atoms with Gasteiger partial charge in [-0.15, -0.1) is 0 Å². The molecule has 1 saturated heterocycles. The van der Waals surface area contributed by atoms with Crippen LogP contribution >= 0.6 is 0 Å². The van der Waals surface area contributed by atoms with Crippen molar-refractivity contribution in [1.29, 1.82) is 0 Å². The fourth-order valence-electron chi connectivity index (χ4n) is 3.38. The van der Waals surface area contributed by atoms with Crippen molar-refractivity contribution in [3.8, 4) is 0 Å². The maximum atomic E-state index is 12.2. The number of nitrogens with one attached hydrogen (secondary N) is 1. The number of ketones is 1. The first-order chi connectivity index (χ1) is 13.6. The van der Waals surface area contributed by atoms with Gasteiger partial charge < -0.3 is 14.6 Å².